The Morgan fingerprint density at radius 1 is 0.957 bits per heavy atom. The molecule has 0 saturated carbocycles. The molecule has 4 nitrogen and oxygen atoms in total. The minimum Gasteiger partial charge on any atom is -0.303 e. The maximum atomic E-state index is 3.41. The summed E-state index contributed by atoms with van der Waals surface area (Å²) in [5, 5.41) is 2.11. The van der Waals surface area contributed by atoms with Gasteiger partial charge in [0, 0.05) is 6.54 Å². The third-order valence-corrected chi connectivity index (χ3v) is 5.22. The standard InChI is InChI=1S/C19H32N4/c1-2-3-8-17-11-15-22(16-12-17)13-6-7-14-23-20-18-9-4-5-10-19(18)21-23/h4-5,9-10,17,20-21H,2-3,6-8,11-16H2,1H3. The van der Waals surface area contributed by atoms with E-state index in [1.54, 1.807) is 0 Å². The largest absolute Gasteiger partial charge is 0.303 e. The molecule has 1 fully saturated rings. The number of likely N-dealkylation sites (tertiary alicyclic amines) is 1. The maximum Gasteiger partial charge on any atom is 0.0753 e. The highest BCUT2D eigenvalue weighted by molar-refractivity contribution is 5.71. The van der Waals surface area contributed by atoms with Gasteiger partial charge in [-0.15, -0.1) is 5.12 Å². The average Bonchev–Trinajstić information content (AvgIpc) is 3.01. The maximum absolute atomic E-state index is 3.41. The van der Waals surface area contributed by atoms with E-state index in [4.69, 9.17) is 0 Å². The number of fused-ring (bicyclic) bond motifs is 1. The molecule has 2 aliphatic rings. The molecule has 2 N–H and O–H groups in total. The fourth-order valence-electron chi connectivity index (χ4n) is 3.71. The van der Waals surface area contributed by atoms with Crippen LogP contribution in [-0.4, -0.2) is 36.2 Å². The second kappa shape index (κ2) is 8.55. The van der Waals surface area contributed by atoms with Crippen molar-refractivity contribution >= 4 is 11.4 Å². The normalized spacial score (nSPS) is 19.3. The number of para-hydroxylation sites is 2. The number of hydrogen-bond donors (Lipinski definition) is 2. The van der Waals surface area contributed by atoms with Gasteiger partial charge in [0.05, 0.1) is 11.4 Å². The minimum atomic E-state index is 1.00. The van der Waals surface area contributed by atoms with Crippen LogP contribution in [0.4, 0.5) is 11.4 Å². The predicted octanol–water partition coefficient (Wildman–Crippen LogP) is 4.34. The summed E-state index contributed by atoms with van der Waals surface area (Å²) in [7, 11) is 0. The van der Waals surface area contributed by atoms with E-state index in [0.29, 0.717) is 0 Å². The van der Waals surface area contributed by atoms with Crippen molar-refractivity contribution in [3.8, 4) is 0 Å². The smallest absolute Gasteiger partial charge is 0.0753 e. The van der Waals surface area contributed by atoms with Gasteiger partial charge in [0.2, 0.25) is 0 Å². The molecule has 2 aliphatic heterocycles. The molecule has 23 heavy (non-hydrogen) atoms. The van der Waals surface area contributed by atoms with E-state index in [0.717, 1.165) is 12.5 Å². The topological polar surface area (TPSA) is 30.5 Å². The van der Waals surface area contributed by atoms with Crippen molar-refractivity contribution in [3.63, 3.8) is 0 Å². The van der Waals surface area contributed by atoms with Crippen molar-refractivity contribution in [1.29, 1.82) is 0 Å². The molecule has 0 aromatic heterocycles. The first-order valence-corrected chi connectivity index (χ1v) is 9.47. The van der Waals surface area contributed by atoms with Gasteiger partial charge < -0.3 is 4.90 Å². The molecule has 128 valence electrons. The van der Waals surface area contributed by atoms with E-state index in [-0.39, 0.29) is 0 Å². The molecule has 0 atom stereocenters. The van der Waals surface area contributed by atoms with Crippen LogP contribution < -0.4 is 10.9 Å². The highest BCUT2D eigenvalue weighted by atomic mass is 15.8. The van der Waals surface area contributed by atoms with E-state index in [9.17, 15) is 0 Å². The van der Waals surface area contributed by atoms with Crippen molar-refractivity contribution in [2.24, 2.45) is 5.92 Å². The molecule has 4 heteroatoms. The van der Waals surface area contributed by atoms with E-state index in [2.05, 4.69) is 52.1 Å². The quantitative estimate of drug-likeness (QED) is 0.699. The highest BCUT2D eigenvalue weighted by Gasteiger charge is 2.19. The van der Waals surface area contributed by atoms with Gasteiger partial charge in [-0.3, -0.25) is 10.9 Å². The van der Waals surface area contributed by atoms with Crippen molar-refractivity contribution in [2.75, 3.05) is 37.0 Å². The summed E-state index contributed by atoms with van der Waals surface area (Å²) in [4.78, 5) is 2.67. The Hall–Kier alpha value is -1.26. The molecule has 1 saturated heterocycles. The number of piperidine rings is 1. The van der Waals surface area contributed by atoms with Crippen LogP contribution in [-0.2, 0) is 0 Å². The van der Waals surface area contributed by atoms with Crippen LogP contribution in [0, 0.1) is 5.92 Å². The lowest BCUT2D eigenvalue weighted by Gasteiger charge is -2.32. The summed E-state index contributed by atoms with van der Waals surface area (Å²) in [6.07, 6.45) is 9.58. The summed E-state index contributed by atoms with van der Waals surface area (Å²) in [5.74, 6) is 1.00. The lowest BCUT2D eigenvalue weighted by molar-refractivity contribution is 0.173. The third-order valence-electron chi connectivity index (χ3n) is 5.22. The molecule has 2 heterocycles. The van der Waals surface area contributed by atoms with E-state index >= 15 is 0 Å². The lowest BCUT2D eigenvalue weighted by Crippen LogP contribution is -2.35. The molecule has 0 bridgehead atoms. The Labute approximate surface area is 141 Å². The predicted molar refractivity (Wildman–Crippen MR) is 98.3 cm³/mol. The number of unbranched alkanes of at least 4 members (excludes halogenated alkanes) is 2. The summed E-state index contributed by atoms with van der Waals surface area (Å²) in [5.41, 5.74) is 9.18. The Kier molecular flexibility index (Phi) is 6.17. The third kappa shape index (κ3) is 4.85. The van der Waals surface area contributed by atoms with E-state index in [1.165, 1.54) is 76.0 Å². The first kappa shape index (κ1) is 16.6. The molecule has 3 rings (SSSR count). The lowest BCUT2D eigenvalue weighted by atomic mass is 9.91. The SMILES string of the molecule is CCCCC1CCN(CCCCN2Nc3ccccc3N2)CC1. The van der Waals surface area contributed by atoms with Crippen LogP contribution in [0.3, 0.4) is 0 Å². The molecule has 0 spiro atoms. The van der Waals surface area contributed by atoms with Gasteiger partial charge >= 0.3 is 0 Å². The molecule has 1 aromatic carbocycles. The van der Waals surface area contributed by atoms with Crippen LogP contribution in [0.25, 0.3) is 0 Å². The van der Waals surface area contributed by atoms with Gasteiger partial charge in [0.25, 0.3) is 0 Å². The van der Waals surface area contributed by atoms with Crippen LogP contribution >= 0.6 is 0 Å². The summed E-state index contributed by atoms with van der Waals surface area (Å²) in [6.45, 7) is 7.25. The fraction of sp³-hybridized carbons (Fsp3) is 0.684. The van der Waals surface area contributed by atoms with Crippen molar-refractivity contribution in [2.45, 2.75) is 51.9 Å². The monoisotopic (exact) mass is 316 g/mol. The zero-order valence-electron chi connectivity index (χ0n) is 14.6. The second-order valence-electron chi connectivity index (χ2n) is 7.06. The molecule has 1 aromatic rings. The van der Waals surface area contributed by atoms with E-state index in [1.807, 2.05) is 0 Å². The average molecular weight is 316 g/mol. The van der Waals surface area contributed by atoms with E-state index < -0.39 is 0 Å². The number of rotatable bonds is 8. The van der Waals surface area contributed by atoms with Crippen LogP contribution in [0.2, 0.25) is 0 Å². The van der Waals surface area contributed by atoms with Gasteiger partial charge in [0.1, 0.15) is 0 Å². The zero-order valence-corrected chi connectivity index (χ0v) is 14.6. The second-order valence-corrected chi connectivity index (χ2v) is 7.06. The van der Waals surface area contributed by atoms with Gasteiger partial charge in [0.15, 0.2) is 0 Å². The molecule has 0 unspecified atom stereocenters. The van der Waals surface area contributed by atoms with Crippen LogP contribution in [0.15, 0.2) is 24.3 Å². The highest BCUT2D eigenvalue weighted by Crippen LogP contribution is 2.27. The first-order valence-electron chi connectivity index (χ1n) is 9.47. The number of hydrogen-bond acceptors (Lipinski definition) is 4. The minimum absolute atomic E-state index is 1.00. The number of nitrogens with zero attached hydrogens (tertiary/aromatic N) is 2. The molecule has 0 aliphatic carbocycles. The van der Waals surface area contributed by atoms with Crippen molar-refractivity contribution in [1.82, 2.24) is 10.0 Å². The molecule has 0 radical (unpaired) electrons. The molecule has 0 amide bonds. The van der Waals surface area contributed by atoms with Crippen LogP contribution in [0.1, 0.15) is 51.9 Å². The molecular weight excluding hydrogens is 284 g/mol. The van der Waals surface area contributed by atoms with Gasteiger partial charge in [-0.2, -0.15) is 0 Å². The summed E-state index contributed by atoms with van der Waals surface area (Å²) < 4.78 is 0. The van der Waals surface area contributed by atoms with Gasteiger partial charge in [-0.05, 0) is 63.4 Å². The number of benzene rings is 1. The van der Waals surface area contributed by atoms with Gasteiger partial charge in [-0.25, -0.2) is 0 Å². The number of anilines is 2. The van der Waals surface area contributed by atoms with Crippen molar-refractivity contribution in [3.05, 3.63) is 24.3 Å². The van der Waals surface area contributed by atoms with Crippen molar-refractivity contribution < 1.29 is 0 Å². The first-order chi connectivity index (χ1) is 11.3. The Balaban J connectivity index is 1.26. The number of nitrogens with one attached hydrogen (secondary N) is 2. The van der Waals surface area contributed by atoms with Gasteiger partial charge in [-0.1, -0.05) is 38.3 Å². The summed E-state index contributed by atoms with van der Waals surface area (Å²) in [6, 6.07) is 8.37. The summed E-state index contributed by atoms with van der Waals surface area (Å²) >= 11 is 0. The Bertz CT molecular complexity index is 443. The Morgan fingerprint density at radius 2 is 1.61 bits per heavy atom. The Morgan fingerprint density at radius 3 is 2.26 bits per heavy atom. The molecular formula is C19H32N4. The fourth-order valence-corrected chi connectivity index (χ4v) is 3.71. The van der Waals surface area contributed by atoms with Crippen LogP contribution in [0.5, 0.6) is 0 Å². The number of hydrazine groups is 2. The zero-order chi connectivity index (χ0) is 15.9.